The van der Waals surface area contributed by atoms with Gasteiger partial charge in [-0.05, 0) is 74.4 Å². The monoisotopic (exact) mass is 841 g/mol. The van der Waals surface area contributed by atoms with Crippen LogP contribution in [-0.2, 0) is 46.4 Å². The molecule has 60 heavy (non-hydrogen) atoms. The predicted octanol–water partition coefficient (Wildman–Crippen LogP) is -3.26. The SMILES string of the molecule is CC(C)C[C@H](NC(=O)[C@H](C)NC(=O)[C@H](CO)NC(=O)[C@H](Cc1ccc(O)cc1)NC(=O)[C@H](Cc1ccc(O)cc1)NC(=O)[C@H](CCCN=C(N)N)NC(=O)[C@H](C)N)C(N)=O. The van der Waals surface area contributed by atoms with Crippen LogP contribution in [0.1, 0.15) is 58.1 Å². The first-order chi connectivity index (χ1) is 28.2. The van der Waals surface area contributed by atoms with E-state index in [4.69, 9.17) is 22.9 Å². The molecule has 330 valence electrons. The maximum atomic E-state index is 14.2. The zero-order valence-electron chi connectivity index (χ0n) is 34.1. The molecule has 0 bridgehead atoms. The van der Waals surface area contributed by atoms with Crippen molar-refractivity contribution in [3.05, 3.63) is 59.7 Å². The van der Waals surface area contributed by atoms with Crippen molar-refractivity contribution in [1.29, 1.82) is 0 Å². The molecule has 2 aromatic rings. The van der Waals surface area contributed by atoms with Crippen LogP contribution in [0.25, 0.3) is 0 Å². The van der Waals surface area contributed by atoms with E-state index in [2.05, 4.69) is 36.9 Å². The molecule has 21 nitrogen and oxygen atoms in total. The highest BCUT2D eigenvalue weighted by molar-refractivity contribution is 5.97. The minimum absolute atomic E-state index is 0.00813. The van der Waals surface area contributed by atoms with Gasteiger partial charge in [0.1, 0.15) is 47.8 Å². The zero-order chi connectivity index (χ0) is 45.1. The van der Waals surface area contributed by atoms with E-state index in [-0.39, 0.29) is 62.0 Å². The number of phenolic OH excluding ortho intramolecular Hbond substituents is 2. The van der Waals surface area contributed by atoms with Crippen molar-refractivity contribution in [2.75, 3.05) is 13.2 Å². The number of hydrogen-bond acceptors (Lipinski definition) is 12. The molecule has 0 heterocycles. The molecule has 0 saturated carbocycles. The number of benzene rings is 2. The Balaban J connectivity index is 2.41. The fraction of sp³-hybridized carbons (Fsp3) is 0.487. The lowest BCUT2D eigenvalue weighted by Gasteiger charge is -2.27. The van der Waals surface area contributed by atoms with Gasteiger partial charge in [0, 0.05) is 19.4 Å². The number of rotatable bonds is 24. The van der Waals surface area contributed by atoms with Gasteiger partial charge in [0.2, 0.25) is 41.4 Å². The topological polar surface area (TPSA) is 369 Å². The van der Waals surface area contributed by atoms with Crippen molar-refractivity contribution < 1.29 is 48.9 Å². The molecule has 0 radical (unpaired) electrons. The zero-order valence-corrected chi connectivity index (χ0v) is 34.1. The summed E-state index contributed by atoms with van der Waals surface area (Å²) in [5, 5.41) is 44.9. The van der Waals surface area contributed by atoms with E-state index in [9.17, 15) is 48.9 Å². The number of aliphatic hydroxyl groups excluding tert-OH is 1. The number of primary amides is 1. The van der Waals surface area contributed by atoms with Crippen molar-refractivity contribution in [2.24, 2.45) is 33.8 Å². The summed E-state index contributed by atoms with van der Waals surface area (Å²) < 4.78 is 0. The second kappa shape index (κ2) is 24.4. The second-order valence-corrected chi connectivity index (χ2v) is 14.7. The van der Waals surface area contributed by atoms with Gasteiger partial charge in [0.05, 0.1) is 12.6 Å². The van der Waals surface area contributed by atoms with Gasteiger partial charge >= 0.3 is 0 Å². The highest BCUT2D eigenvalue weighted by atomic mass is 16.3. The Hall–Kier alpha value is -6.48. The van der Waals surface area contributed by atoms with E-state index in [0.717, 1.165) is 0 Å². The quantitative estimate of drug-likeness (QED) is 0.0281. The highest BCUT2D eigenvalue weighted by Crippen LogP contribution is 2.15. The van der Waals surface area contributed by atoms with Gasteiger partial charge in [0.25, 0.3) is 0 Å². The van der Waals surface area contributed by atoms with E-state index in [1.165, 1.54) is 62.4 Å². The number of guanidine groups is 1. The van der Waals surface area contributed by atoms with E-state index in [1.807, 2.05) is 13.8 Å². The fourth-order valence-electron chi connectivity index (χ4n) is 5.63. The Morgan fingerprint density at radius 1 is 0.583 bits per heavy atom. The van der Waals surface area contributed by atoms with Gasteiger partial charge in [0.15, 0.2) is 5.96 Å². The first-order valence-corrected chi connectivity index (χ1v) is 19.3. The lowest BCUT2D eigenvalue weighted by molar-refractivity contribution is -0.135. The summed E-state index contributed by atoms with van der Waals surface area (Å²) in [5.74, 6) is -6.06. The van der Waals surface area contributed by atoms with Crippen LogP contribution in [0.15, 0.2) is 53.5 Å². The molecule has 0 unspecified atom stereocenters. The number of phenols is 2. The number of carbonyl (C=O) groups is 7. The third kappa shape index (κ3) is 17.6. The van der Waals surface area contributed by atoms with Crippen LogP contribution in [0.4, 0.5) is 0 Å². The maximum absolute atomic E-state index is 14.2. The standard InChI is InChI=1S/C39H59N11O10/c1-20(2)16-28(32(41)54)47-34(56)22(4)45-38(60)31(19-51)50-37(59)30(18-24-9-13-26(53)14-10-24)49-36(58)29(17-23-7-11-25(52)12-8-23)48-35(57)27(46-33(55)21(3)40)6-5-15-44-39(42)43/h7-14,20-22,27-31,51-53H,5-6,15-19,40H2,1-4H3,(H2,41,54)(H,45,60)(H,46,55)(H,47,56)(H,48,57)(H,49,58)(H,50,59)(H4,42,43,44)/t21-,22-,27-,28-,29-,30-,31-/m0/s1. The number of aliphatic imine (C=N–C) groups is 1. The van der Waals surface area contributed by atoms with E-state index in [1.54, 1.807) is 0 Å². The van der Waals surface area contributed by atoms with Crippen molar-refractivity contribution in [1.82, 2.24) is 31.9 Å². The molecule has 17 N–H and O–H groups in total. The van der Waals surface area contributed by atoms with Gasteiger partial charge in [-0.25, -0.2) is 0 Å². The van der Waals surface area contributed by atoms with Crippen molar-refractivity contribution in [3.8, 4) is 11.5 Å². The number of nitrogens with two attached hydrogens (primary N) is 4. The van der Waals surface area contributed by atoms with Crippen LogP contribution in [-0.4, -0.2) is 118 Å². The van der Waals surface area contributed by atoms with E-state index in [0.29, 0.717) is 11.1 Å². The minimum atomic E-state index is -1.63. The van der Waals surface area contributed by atoms with Gasteiger partial charge in [-0.15, -0.1) is 0 Å². The van der Waals surface area contributed by atoms with Crippen LogP contribution in [0, 0.1) is 5.92 Å². The average molecular weight is 842 g/mol. The molecule has 2 rings (SSSR count). The second-order valence-electron chi connectivity index (χ2n) is 14.7. The normalized spacial score (nSPS) is 14.4. The molecule has 0 fully saturated rings. The number of amides is 7. The summed E-state index contributed by atoms with van der Waals surface area (Å²) >= 11 is 0. The smallest absolute Gasteiger partial charge is 0.245 e. The summed E-state index contributed by atoms with van der Waals surface area (Å²) in [6, 6.07) is 2.51. The summed E-state index contributed by atoms with van der Waals surface area (Å²) in [6.45, 7) is 5.59. The van der Waals surface area contributed by atoms with Gasteiger partial charge < -0.3 is 70.2 Å². The summed E-state index contributed by atoms with van der Waals surface area (Å²) in [5.41, 5.74) is 22.9. The molecule has 7 amide bonds. The molecule has 0 saturated heterocycles. The number of carbonyl (C=O) groups excluding carboxylic acids is 7. The molecule has 0 aliphatic carbocycles. The van der Waals surface area contributed by atoms with Crippen molar-refractivity contribution in [3.63, 3.8) is 0 Å². The highest BCUT2D eigenvalue weighted by Gasteiger charge is 2.33. The third-order valence-electron chi connectivity index (χ3n) is 8.94. The molecule has 0 spiro atoms. The first-order valence-electron chi connectivity index (χ1n) is 19.3. The fourth-order valence-corrected chi connectivity index (χ4v) is 5.63. The van der Waals surface area contributed by atoms with Crippen molar-refractivity contribution in [2.45, 2.75) is 102 Å². The molecule has 0 aliphatic heterocycles. The van der Waals surface area contributed by atoms with Crippen LogP contribution >= 0.6 is 0 Å². The van der Waals surface area contributed by atoms with Gasteiger partial charge in [-0.1, -0.05) is 38.1 Å². The van der Waals surface area contributed by atoms with Crippen LogP contribution in [0.5, 0.6) is 11.5 Å². The summed E-state index contributed by atoms with van der Waals surface area (Å²) in [7, 11) is 0. The molecule has 7 atom stereocenters. The number of aromatic hydroxyl groups is 2. The largest absolute Gasteiger partial charge is 0.508 e. The van der Waals surface area contributed by atoms with Crippen LogP contribution in [0.2, 0.25) is 0 Å². The average Bonchev–Trinajstić information content (AvgIpc) is 3.18. The predicted molar refractivity (Wildman–Crippen MR) is 220 cm³/mol. The third-order valence-corrected chi connectivity index (χ3v) is 8.94. The molecular formula is C39H59N11O10. The maximum Gasteiger partial charge on any atom is 0.245 e. The molecular weight excluding hydrogens is 782 g/mol. The Bertz CT molecular complexity index is 1800. The Morgan fingerprint density at radius 3 is 1.42 bits per heavy atom. The number of nitrogens with zero attached hydrogens (tertiary/aromatic N) is 1. The van der Waals surface area contributed by atoms with Gasteiger partial charge in [-0.3, -0.25) is 38.6 Å². The minimum Gasteiger partial charge on any atom is -0.508 e. The Morgan fingerprint density at radius 2 is 1.00 bits per heavy atom. The molecule has 2 aromatic carbocycles. The summed E-state index contributed by atoms with van der Waals surface area (Å²) in [6.07, 6.45) is 0.153. The molecule has 0 aromatic heterocycles. The van der Waals surface area contributed by atoms with E-state index < -0.39 is 90.3 Å². The van der Waals surface area contributed by atoms with Crippen LogP contribution < -0.4 is 54.8 Å². The molecule has 0 aliphatic rings. The number of hydrogen-bond donors (Lipinski definition) is 13. The molecule has 21 heteroatoms. The number of nitrogens with one attached hydrogen (secondary N) is 6. The lowest BCUT2D eigenvalue weighted by atomic mass is 10.0. The summed E-state index contributed by atoms with van der Waals surface area (Å²) in [4.78, 5) is 96.2. The number of aliphatic hydroxyl groups is 1. The Kier molecular flexibility index (Phi) is 20.2. The van der Waals surface area contributed by atoms with Crippen LogP contribution in [0.3, 0.4) is 0 Å². The van der Waals surface area contributed by atoms with Gasteiger partial charge in [-0.2, -0.15) is 0 Å². The lowest BCUT2D eigenvalue weighted by Crippen LogP contribution is -2.60. The van der Waals surface area contributed by atoms with E-state index >= 15 is 0 Å². The first kappa shape index (κ1) is 49.7. The Labute approximate surface area is 347 Å². The van der Waals surface area contributed by atoms with Crippen molar-refractivity contribution >= 4 is 47.3 Å².